The van der Waals surface area contributed by atoms with Crippen LogP contribution in [-0.2, 0) is 17.6 Å². The number of ether oxygens (including phenoxy) is 1. The van der Waals surface area contributed by atoms with Crippen molar-refractivity contribution < 1.29 is 9.53 Å². The van der Waals surface area contributed by atoms with Crippen molar-refractivity contribution in [3.63, 3.8) is 0 Å². The Labute approximate surface area is 152 Å². The number of amides is 1. The molecule has 2 aromatic rings. The summed E-state index contributed by atoms with van der Waals surface area (Å²) in [7, 11) is 0. The van der Waals surface area contributed by atoms with E-state index in [0.717, 1.165) is 37.3 Å². The Balaban J connectivity index is 1.33. The molecule has 0 unspecified atom stereocenters. The molecular formula is C20H20N4O2. The van der Waals surface area contributed by atoms with Gasteiger partial charge in [-0.3, -0.25) is 4.90 Å². The fourth-order valence-electron chi connectivity index (χ4n) is 3.67. The minimum absolute atomic E-state index is 0.274. The van der Waals surface area contributed by atoms with Gasteiger partial charge in [0.05, 0.1) is 17.9 Å². The molecule has 5 rings (SSSR count). The monoisotopic (exact) mass is 348 g/mol. The van der Waals surface area contributed by atoms with Crippen molar-refractivity contribution in [3.05, 3.63) is 65.6 Å². The molecule has 0 bridgehead atoms. The summed E-state index contributed by atoms with van der Waals surface area (Å²) in [6, 6.07) is 7.91. The molecule has 1 fully saturated rings. The Bertz CT molecular complexity index is 885. The Morgan fingerprint density at radius 3 is 2.46 bits per heavy atom. The predicted molar refractivity (Wildman–Crippen MR) is 98.5 cm³/mol. The van der Waals surface area contributed by atoms with Crippen molar-refractivity contribution in [1.29, 1.82) is 0 Å². The van der Waals surface area contributed by atoms with Gasteiger partial charge in [-0.15, -0.1) is 0 Å². The van der Waals surface area contributed by atoms with Crippen molar-refractivity contribution in [2.24, 2.45) is 0 Å². The number of hydrogen-bond acceptors (Lipinski definition) is 4. The molecule has 6 nitrogen and oxygen atoms in total. The van der Waals surface area contributed by atoms with E-state index in [0.29, 0.717) is 13.2 Å². The Morgan fingerprint density at radius 1 is 1.00 bits per heavy atom. The lowest BCUT2D eigenvalue weighted by Gasteiger charge is -2.26. The Hall–Kier alpha value is -3.02. The molecule has 3 aliphatic rings. The van der Waals surface area contributed by atoms with Crippen LogP contribution in [0.3, 0.4) is 0 Å². The summed E-state index contributed by atoms with van der Waals surface area (Å²) in [5.74, 6) is 0. The number of hydrogen-bond donors (Lipinski definition) is 0. The van der Waals surface area contributed by atoms with Crippen molar-refractivity contribution in [2.45, 2.75) is 12.8 Å². The molecule has 0 N–H and O–H groups in total. The molecule has 26 heavy (non-hydrogen) atoms. The van der Waals surface area contributed by atoms with E-state index in [1.165, 1.54) is 17.0 Å². The Kier molecular flexibility index (Phi) is 3.55. The second-order valence-corrected chi connectivity index (χ2v) is 6.77. The van der Waals surface area contributed by atoms with Crippen LogP contribution in [0.5, 0.6) is 0 Å². The maximum absolute atomic E-state index is 11.7. The van der Waals surface area contributed by atoms with Crippen LogP contribution in [0, 0.1) is 0 Å². The summed E-state index contributed by atoms with van der Waals surface area (Å²) in [5, 5.41) is 4.81. The molecule has 0 radical (unpaired) electrons. The zero-order valence-corrected chi connectivity index (χ0v) is 14.5. The third-order valence-electron chi connectivity index (χ3n) is 5.23. The molecule has 1 amide bonds. The molecular weight excluding hydrogens is 328 g/mol. The third kappa shape index (κ3) is 2.58. The molecule has 1 aromatic heterocycles. The van der Waals surface area contributed by atoms with Gasteiger partial charge in [-0.05, 0) is 48.4 Å². The molecule has 2 aliphatic heterocycles. The number of carbonyl (C=O) groups excluding carboxylic acids is 1. The van der Waals surface area contributed by atoms with Crippen molar-refractivity contribution in [2.75, 3.05) is 31.1 Å². The van der Waals surface area contributed by atoms with Gasteiger partial charge in [0, 0.05) is 37.1 Å². The van der Waals surface area contributed by atoms with Crippen molar-refractivity contribution in [3.8, 4) is 5.69 Å². The highest BCUT2D eigenvalue weighted by Gasteiger charge is 2.23. The van der Waals surface area contributed by atoms with E-state index < -0.39 is 0 Å². The minimum Gasteiger partial charge on any atom is -0.447 e. The number of allylic oxidation sites excluding steroid dienone is 3. The van der Waals surface area contributed by atoms with Gasteiger partial charge in [0.15, 0.2) is 0 Å². The van der Waals surface area contributed by atoms with E-state index in [9.17, 15) is 4.79 Å². The van der Waals surface area contributed by atoms with Gasteiger partial charge in [0.2, 0.25) is 0 Å². The van der Waals surface area contributed by atoms with Crippen molar-refractivity contribution in [1.82, 2.24) is 14.7 Å². The number of rotatable bonds is 3. The first kappa shape index (κ1) is 15.3. The van der Waals surface area contributed by atoms with Crippen LogP contribution < -0.4 is 4.90 Å². The van der Waals surface area contributed by atoms with Gasteiger partial charge in [-0.25, -0.2) is 9.48 Å². The molecule has 132 valence electrons. The average molecular weight is 348 g/mol. The molecule has 0 saturated carbocycles. The van der Waals surface area contributed by atoms with E-state index in [2.05, 4.69) is 29.3 Å². The van der Waals surface area contributed by atoms with Crippen LogP contribution in [0.1, 0.15) is 11.3 Å². The molecule has 0 atom stereocenters. The fourth-order valence-corrected chi connectivity index (χ4v) is 3.67. The first-order valence-corrected chi connectivity index (χ1v) is 9.03. The summed E-state index contributed by atoms with van der Waals surface area (Å²) in [6.07, 6.45) is 10.3. The maximum atomic E-state index is 11.7. The fraction of sp³-hybridized carbons (Fsp3) is 0.300. The van der Waals surface area contributed by atoms with Crippen LogP contribution in [0.25, 0.3) is 5.69 Å². The van der Waals surface area contributed by atoms with E-state index in [1.807, 2.05) is 28.9 Å². The number of fused-ring (bicyclic) bond motifs is 1. The highest BCUT2D eigenvalue weighted by Crippen LogP contribution is 2.24. The van der Waals surface area contributed by atoms with E-state index in [4.69, 9.17) is 9.84 Å². The highest BCUT2D eigenvalue weighted by molar-refractivity contribution is 5.89. The molecule has 1 aromatic carbocycles. The topological polar surface area (TPSA) is 50.6 Å². The summed E-state index contributed by atoms with van der Waals surface area (Å²) in [4.78, 5) is 15.7. The van der Waals surface area contributed by atoms with Gasteiger partial charge in [0.25, 0.3) is 0 Å². The summed E-state index contributed by atoms with van der Waals surface area (Å²) in [6.45, 7) is 3.10. The SMILES string of the molecule is O=C1OCCN1c1ccc(-n2cc3c(n2)CCN(C2=CC=C2)CC3)cc1. The summed E-state index contributed by atoms with van der Waals surface area (Å²) < 4.78 is 6.95. The third-order valence-corrected chi connectivity index (χ3v) is 5.23. The summed E-state index contributed by atoms with van der Waals surface area (Å²) >= 11 is 0. The van der Waals surface area contributed by atoms with Crippen LogP contribution in [0.4, 0.5) is 10.5 Å². The average Bonchev–Trinajstić information content (AvgIpc) is 3.17. The predicted octanol–water partition coefficient (Wildman–Crippen LogP) is 2.68. The molecule has 6 heteroatoms. The number of benzene rings is 1. The Morgan fingerprint density at radius 2 is 1.77 bits per heavy atom. The first-order valence-electron chi connectivity index (χ1n) is 9.03. The minimum atomic E-state index is -0.274. The number of carbonyl (C=O) groups is 1. The van der Waals surface area contributed by atoms with E-state index in [1.54, 1.807) is 4.90 Å². The van der Waals surface area contributed by atoms with Gasteiger partial charge in [0.1, 0.15) is 6.61 Å². The standard InChI is InChI=1S/C20H20N4O2/c25-20-23(12-13-26-20)17-4-6-18(7-5-17)24-14-15-8-10-22(16-2-1-3-16)11-9-19(15)21-24/h1-7,14H,8-13H2. The normalized spacial score (nSPS) is 18.9. The van der Waals surface area contributed by atoms with Crippen LogP contribution >= 0.6 is 0 Å². The molecule has 1 aliphatic carbocycles. The smallest absolute Gasteiger partial charge is 0.414 e. The molecule has 1 saturated heterocycles. The van der Waals surface area contributed by atoms with Crippen LogP contribution in [0.2, 0.25) is 0 Å². The summed E-state index contributed by atoms with van der Waals surface area (Å²) in [5.41, 5.74) is 5.71. The van der Waals surface area contributed by atoms with Gasteiger partial charge >= 0.3 is 6.09 Å². The number of anilines is 1. The van der Waals surface area contributed by atoms with E-state index >= 15 is 0 Å². The zero-order chi connectivity index (χ0) is 17.5. The zero-order valence-electron chi connectivity index (χ0n) is 14.5. The number of cyclic esters (lactones) is 1. The van der Waals surface area contributed by atoms with Gasteiger partial charge < -0.3 is 9.64 Å². The lowest BCUT2D eigenvalue weighted by Crippen LogP contribution is -2.26. The first-order chi connectivity index (χ1) is 12.8. The van der Waals surface area contributed by atoms with Gasteiger partial charge in [-0.2, -0.15) is 5.10 Å². The van der Waals surface area contributed by atoms with Crippen LogP contribution in [-0.4, -0.2) is 47.0 Å². The second-order valence-electron chi connectivity index (χ2n) is 6.77. The highest BCUT2D eigenvalue weighted by atomic mass is 16.6. The van der Waals surface area contributed by atoms with E-state index in [-0.39, 0.29) is 6.09 Å². The van der Waals surface area contributed by atoms with Crippen molar-refractivity contribution >= 4 is 11.8 Å². The molecule has 0 spiro atoms. The maximum Gasteiger partial charge on any atom is 0.414 e. The van der Waals surface area contributed by atoms with Gasteiger partial charge in [-0.1, -0.05) is 6.08 Å². The lowest BCUT2D eigenvalue weighted by molar-refractivity contribution is 0.181. The number of nitrogens with zero attached hydrogens (tertiary/aromatic N) is 4. The largest absolute Gasteiger partial charge is 0.447 e. The quantitative estimate of drug-likeness (QED) is 0.856. The number of aromatic nitrogens is 2. The second kappa shape index (κ2) is 6.05. The van der Waals surface area contributed by atoms with Crippen LogP contribution in [0.15, 0.2) is 54.4 Å². The molecule has 3 heterocycles. The lowest BCUT2D eigenvalue weighted by atomic mass is 10.1.